The molecule has 0 unspecified atom stereocenters. The maximum atomic E-state index is 12.4. The molecule has 140 valence electrons. The van der Waals surface area contributed by atoms with Crippen molar-refractivity contribution in [2.24, 2.45) is 0 Å². The monoisotopic (exact) mass is 378 g/mol. The highest BCUT2D eigenvalue weighted by molar-refractivity contribution is 7.14. The fourth-order valence-electron chi connectivity index (χ4n) is 2.44. The highest BCUT2D eigenvalue weighted by atomic mass is 32.1. The third-order valence-electron chi connectivity index (χ3n) is 3.78. The van der Waals surface area contributed by atoms with Crippen molar-refractivity contribution >= 4 is 23.2 Å². The molecule has 1 aromatic heterocycles. The zero-order valence-electron chi connectivity index (χ0n) is 15.4. The van der Waals surface area contributed by atoms with Gasteiger partial charge in [0.2, 0.25) is 5.75 Å². The van der Waals surface area contributed by atoms with Gasteiger partial charge in [0.1, 0.15) is 0 Å². The number of benzene rings is 1. The molecule has 0 saturated heterocycles. The molecule has 0 aliphatic carbocycles. The van der Waals surface area contributed by atoms with E-state index < -0.39 is 5.91 Å². The molecule has 0 bridgehead atoms. The van der Waals surface area contributed by atoms with Gasteiger partial charge in [-0.05, 0) is 37.1 Å². The summed E-state index contributed by atoms with van der Waals surface area (Å²) in [7, 11) is 4.41. The van der Waals surface area contributed by atoms with Crippen LogP contribution in [0.1, 0.15) is 37.4 Å². The van der Waals surface area contributed by atoms with Gasteiger partial charge in [0.05, 0.1) is 26.2 Å². The van der Waals surface area contributed by atoms with Crippen LogP contribution in [-0.2, 0) is 6.42 Å². The fourth-order valence-corrected chi connectivity index (χ4v) is 3.45. The van der Waals surface area contributed by atoms with Gasteiger partial charge in [0, 0.05) is 10.4 Å². The highest BCUT2D eigenvalue weighted by Crippen LogP contribution is 2.38. The quantitative estimate of drug-likeness (QED) is 0.755. The van der Waals surface area contributed by atoms with E-state index in [1.54, 1.807) is 0 Å². The van der Waals surface area contributed by atoms with Gasteiger partial charge in [-0.15, -0.1) is 11.3 Å². The van der Waals surface area contributed by atoms with Crippen LogP contribution in [0.4, 0.5) is 0 Å². The van der Waals surface area contributed by atoms with E-state index in [-0.39, 0.29) is 11.5 Å². The average molecular weight is 378 g/mol. The van der Waals surface area contributed by atoms with E-state index in [9.17, 15) is 9.59 Å². The zero-order valence-corrected chi connectivity index (χ0v) is 16.2. The summed E-state index contributed by atoms with van der Waals surface area (Å²) < 4.78 is 15.7. The van der Waals surface area contributed by atoms with E-state index >= 15 is 0 Å². The molecule has 0 radical (unpaired) electrons. The van der Waals surface area contributed by atoms with E-state index in [2.05, 4.69) is 10.9 Å². The van der Waals surface area contributed by atoms with Crippen molar-refractivity contribution in [2.45, 2.75) is 20.3 Å². The molecule has 2 rings (SSSR count). The van der Waals surface area contributed by atoms with Crippen molar-refractivity contribution < 1.29 is 23.8 Å². The van der Waals surface area contributed by atoms with Gasteiger partial charge in [-0.2, -0.15) is 0 Å². The molecule has 1 aromatic carbocycles. The van der Waals surface area contributed by atoms with Crippen LogP contribution in [0.5, 0.6) is 17.2 Å². The second-order valence-electron chi connectivity index (χ2n) is 5.39. The largest absolute Gasteiger partial charge is 0.493 e. The molecule has 0 aliphatic heterocycles. The molecule has 0 atom stereocenters. The maximum absolute atomic E-state index is 12.4. The molecular weight excluding hydrogens is 356 g/mol. The zero-order chi connectivity index (χ0) is 19.3. The van der Waals surface area contributed by atoms with E-state index in [1.807, 2.05) is 19.9 Å². The van der Waals surface area contributed by atoms with E-state index in [0.29, 0.717) is 22.1 Å². The number of methoxy groups -OCH3 is 3. The number of nitrogens with one attached hydrogen (secondary N) is 2. The van der Waals surface area contributed by atoms with Gasteiger partial charge in [0.25, 0.3) is 11.8 Å². The van der Waals surface area contributed by atoms with Crippen molar-refractivity contribution in [2.75, 3.05) is 21.3 Å². The van der Waals surface area contributed by atoms with Gasteiger partial charge < -0.3 is 14.2 Å². The lowest BCUT2D eigenvalue weighted by molar-refractivity contribution is 0.0848. The van der Waals surface area contributed by atoms with Gasteiger partial charge in [0.15, 0.2) is 11.5 Å². The Morgan fingerprint density at radius 1 is 0.962 bits per heavy atom. The van der Waals surface area contributed by atoms with Gasteiger partial charge in [-0.3, -0.25) is 20.4 Å². The van der Waals surface area contributed by atoms with E-state index in [1.165, 1.54) is 44.8 Å². The molecule has 26 heavy (non-hydrogen) atoms. The van der Waals surface area contributed by atoms with Crippen molar-refractivity contribution in [3.05, 3.63) is 39.1 Å². The molecule has 0 aliphatic rings. The lowest BCUT2D eigenvalue weighted by atomic mass is 10.1. The molecule has 8 heteroatoms. The highest BCUT2D eigenvalue weighted by Gasteiger charge is 2.18. The Hall–Kier alpha value is -2.74. The van der Waals surface area contributed by atoms with Crippen LogP contribution in [0.2, 0.25) is 0 Å². The number of amides is 2. The molecule has 0 fully saturated rings. The summed E-state index contributed by atoms with van der Waals surface area (Å²) in [4.78, 5) is 26.3. The SMILES string of the molecule is CCc1sc(C(=O)NNC(=O)c2cc(OC)c(OC)c(OC)c2)cc1C. The summed E-state index contributed by atoms with van der Waals surface area (Å²) >= 11 is 1.41. The third-order valence-corrected chi connectivity index (χ3v) is 5.16. The van der Waals surface area contributed by atoms with Crippen molar-refractivity contribution in [1.29, 1.82) is 0 Å². The van der Waals surface area contributed by atoms with Crippen LogP contribution in [0.15, 0.2) is 18.2 Å². The normalized spacial score (nSPS) is 10.2. The first-order chi connectivity index (χ1) is 12.4. The topological polar surface area (TPSA) is 85.9 Å². The van der Waals surface area contributed by atoms with Crippen LogP contribution in [0, 0.1) is 6.92 Å². The standard InChI is InChI=1S/C18H22N2O5S/c1-6-14-10(2)7-15(26-14)18(22)20-19-17(21)11-8-12(23-3)16(25-5)13(9-11)24-4/h7-9H,6H2,1-5H3,(H,19,21)(H,20,22). The predicted molar refractivity (Wildman–Crippen MR) is 99.5 cm³/mol. The number of hydrogen-bond acceptors (Lipinski definition) is 6. The van der Waals surface area contributed by atoms with Crippen LogP contribution in [0.3, 0.4) is 0 Å². The Labute approximate surface area is 156 Å². The van der Waals surface area contributed by atoms with Crippen LogP contribution in [0.25, 0.3) is 0 Å². The van der Waals surface area contributed by atoms with Crippen LogP contribution >= 0.6 is 11.3 Å². The Bertz CT molecular complexity index is 791. The van der Waals surface area contributed by atoms with Crippen molar-refractivity contribution in [3.63, 3.8) is 0 Å². The van der Waals surface area contributed by atoms with Crippen LogP contribution < -0.4 is 25.1 Å². The number of aryl methyl sites for hydroxylation is 2. The third kappa shape index (κ3) is 4.08. The number of carbonyl (C=O) groups excluding carboxylic acids is 2. The molecule has 1 heterocycles. The Morgan fingerprint density at radius 3 is 2.00 bits per heavy atom. The fraction of sp³-hybridized carbons (Fsp3) is 0.333. The van der Waals surface area contributed by atoms with Crippen LogP contribution in [-0.4, -0.2) is 33.1 Å². The molecular formula is C18H22N2O5S. The first-order valence-corrected chi connectivity index (χ1v) is 8.76. The second-order valence-corrected chi connectivity index (χ2v) is 6.53. The summed E-state index contributed by atoms with van der Waals surface area (Å²) in [5, 5.41) is 0. The predicted octanol–water partition coefficient (Wildman–Crippen LogP) is 2.72. The smallest absolute Gasteiger partial charge is 0.279 e. The summed E-state index contributed by atoms with van der Waals surface area (Å²) in [5.41, 5.74) is 6.15. The molecule has 2 aromatic rings. The number of carbonyl (C=O) groups is 2. The lowest BCUT2D eigenvalue weighted by Crippen LogP contribution is -2.41. The van der Waals surface area contributed by atoms with Gasteiger partial charge in [-0.25, -0.2) is 0 Å². The van der Waals surface area contributed by atoms with Crippen molar-refractivity contribution in [3.8, 4) is 17.2 Å². The van der Waals surface area contributed by atoms with E-state index in [4.69, 9.17) is 14.2 Å². The van der Waals surface area contributed by atoms with E-state index in [0.717, 1.165) is 16.9 Å². The number of thiophene rings is 1. The molecule has 0 saturated carbocycles. The summed E-state index contributed by atoms with van der Waals surface area (Å²) in [5.74, 6) is 0.228. The molecule has 2 N–H and O–H groups in total. The Balaban J connectivity index is 2.13. The van der Waals surface area contributed by atoms with Gasteiger partial charge >= 0.3 is 0 Å². The number of hydrazine groups is 1. The van der Waals surface area contributed by atoms with Crippen molar-refractivity contribution in [1.82, 2.24) is 10.9 Å². The number of ether oxygens (including phenoxy) is 3. The first-order valence-electron chi connectivity index (χ1n) is 7.95. The number of rotatable bonds is 6. The minimum absolute atomic E-state index is 0.261. The molecule has 0 spiro atoms. The molecule has 7 nitrogen and oxygen atoms in total. The molecule has 2 amide bonds. The summed E-state index contributed by atoms with van der Waals surface area (Å²) in [6.45, 7) is 3.99. The summed E-state index contributed by atoms with van der Waals surface area (Å²) in [6, 6.07) is 4.82. The van der Waals surface area contributed by atoms with Gasteiger partial charge in [-0.1, -0.05) is 6.92 Å². The Morgan fingerprint density at radius 2 is 1.54 bits per heavy atom. The lowest BCUT2D eigenvalue weighted by Gasteiger charge is -2.14. The maximum Gasteiger partial charge on any atom is 0.279 e. The Kier molecular flexibility index (Phi) is 6.46. The minimum atomic E-state index is -0.499. The average Bonchev–Trinajstić information content (AvgIpc) is 3.05. The second kappa shape index (κ2) is 8.57. The number of hydrogen-bond donors (Lipinski definition) is 2. The first kappa shape index (κ1) is 19.6. The minimum Gasteiger partial charge on any atom is -0.493 e. The summed E-state index contributed by atoms with van der Waals surface area (Å²) in [6.07, 6.45) is 0.863.